The number of anilines is 1. The van der Waals surface area contributed by atoms with Gasteiger partial charge in [-0.1, -0.05) is 18.2 Å². The molecule has 1 N–H and O–H groups in total. The number of methoxy groups -OCH3 is 1. The van der Waals surface area contributed by atoms with Gasteiger partial charge in [-0.3, -0.25) is 14.5 Å². The topological polar surface area (TPSA) is 93.1 Å². The second-order valence-corrected chi connectivity index (χ2v) is 7.59. The summed E-state index contributed by atoms with van der Waals surface area (Å²) in [5.41, 5.74) is 0.302. The van der Waals surface area contributed by atoms with Gasteiger partial charge in [-0.25, -0.2) is 4.39 Å². The molecule has 0 fully saturated rings. The van der Waals surface area contributed by atoms with E-state index in [1.807, 2.05) is 0 Å². The summed E-state index contributed by atoms with van der Waals surface area (Å²) in [5.74, 6) is -1.73. The van der Waals surface area contributed by atoms with Crippen molar-refractivity contribution in [3.8, 4) is 5.75 Å². The van der Waals surface area contributed by atoms with Crippen molar-refractivity contribution in [2.24, 2.45) is 0 Å². The van der Waals surface area contributed by atoms with Gasteiger partial charge in [0.15, 0.2) is 22.9 Å². The molecule has 1 aliphatic rings. The van der Waals surface area contributed by atoms with Gasteiger partial charge in [-0.15, -0.1) is 0 Å². The lowest BCUT2D eigenvalue weighted by atomic mass is 9.99. The van der Waals surface area contributed by atoms with Gasteiger partial charge in [0, 0.05) is 11.1 Å². The third-order valence-corrected chi connectivity index (χ3v) is 5.52. The third kappa shape index (κ3) is 3.27. The van der Waals surface area contributed by atoms with Gasteiger partial charge in [0.2, 0.25) is 5.78 Å². The Morgan fingerprint density at radius 2 is 1.88 bits per heavy atom. The molecule has 33 heavy (non-hydrogen) atoms. The molecule has 0 aliphatic carbocycles. The molecule has 1 atom stereocenters. The number of aliphatic hydroxyl groups is 1. The van der Waals surface area contributed by atoms with Crippen molar-refractivity contribution < 1.29 is 32.7 Å². The fourth-order valence-electron chi connectivity index (χ4n) is 4.04. The number of ether oxygens (including phenoxy) is 1. The van der Waals surface area contributed by atoms with Crippen LogP contribution in [0.15, 0.2) is 80.8 Å². The zero-order valence-electron chi connectivity index (χ0n) is 17.7. The number of hydrogen-bond acceptors (Lipinski definition) is 6. The van der Waals surface area contributed by atoms with E-state index >= 15 is 0 Å². The minimum atomic E-state index is -1.12. The number of carbonyl (C=O) groups excluding carboxylic acids is 2. The highest BCUT2D eigenvalue weighted by atomic mass is 19.1. The maximum atomic E-state index is 14.0. The molecule has 4 aromatic rings. The van der Waals surface area contributed by atoms with Crippen LogP contribution in [0.1, 0.15) is 28.1 Å². The molecule has 2 aromatic heterocycles. The first kappa shape index (κ1) is 20.6. The minimum absolute atomic E-state index is 0.0850. The second-order valence-electron chi connectivity index (χ2n) is 7.59. The van der Waals surface area contributed by atoms with E-state index in [0.29, 0.717) is 22.5 Å². The first-order chi connectivity index (χ1) is 15.9. The largest absolute Gasteiger partial charge is 0.503 e. The fraction of sp³-hybridized carbons (Fsp3) is 0.120. The molecule has 0 saturated carbocycles. The molecule has 7 nitrogen and oxygen atoms in total. The molecule has 0 radical (unpaired) electrons. The van der Waals surface area contributed by atoms with Crippen molar-refractivity contribution in [1.82, 2.24) is 0 Å². The van der Waals surface area contributed by atoms with Gasteiger partial charge in [0.1, 0.15) is 23.4 Å². The summed E-state index contributed by atoms with van der Waals surface area (Å²) in [5, 5.41) is 11.4. The Kier molecular flexibility index (Phi) is 4.78. The van der Waals surface area contributed by atoms with Crippen LogP contribution in [0.25, 0.3) is 11.0 Å². The van der Waals surface area contributed by atoms with E-state index in [4.69, 9.17) is 13.6 Å². The van der Waals surface area contributed by atoms with Crippen molar-refractivity contribution in [3.05, 3.63) is 95.1 Å². The molecule has 1 aliphatic heterocycles. The van der Waals surface area contributed by atoms with Crippen LogP contribution in [-0.4, -0.2) is 23.9 Å². The molecule has 3 heterocycles. The summed E-state index contributed by atoms with van der Waals surface area (Å²) in [6.45, 7) is 1.71. The fourth-order valence-corrected chi connectivity index (χ4v) is 4.04. The number of aliphatic hydroxyl groups excluding tert-OH is 1. The summed E-state index contributed by atoms with van der Waals surface area (Å²) in [4.78, 5) is 27.8. The summed E-state index contributed by atoms with van der Waals surface area (Å²) in [6, 6.07) is 14.2. The predicted molar refractivity (Wildman–Crippen MR) is 117 cm³/mol. The lowest BCUT2D eigenvalue weighted by Gasteiger charge is -2.24. The average Bonchev–Trinajstić information content (AvgIpc) is 3.49. The predicted octanol–water partition coefficient (Wildman–Crippen LogP) is 5.26. The first-order valence-electron chi connectivity index (χ1n) is 10.1. The Balaban J connectivity index is 1.66. The molecule has 5 rings (SSSR count). The van der Waals surface area contributed by atoms with Crippen molar-refractivity contribution in [2.75, 3.05) is 12.0 Å². The van der Waals surface area contributed by atoms with Crippen LogP contribution in [0.2, 0.25) is 0 Å². The Hall–Kier alpha value is -4.33. The average molecular weight is 447 g/mol. The molecular weight excluding hydrogens is 429 g/mol. The Morgan fingerprint density at radius 1 is 1.09 bits per heavy atom. The van der Waals surface area contributed by atoms with E-state index in [9.17, 15) is 19.1 Å². The Morgan fingerprint density at radius 3 is 2.58 bits per heavy atom. The Labute approximate surface area is 187 Å². The Bertz CT molecular complexity index is 1450. The number of ketones is 1. The van der Waals surface area contributed by atoms with Crippen molar-refractivity contribution >= 4 is 28.3 Å². The molecule has 1 unspecified atom stereocenters. The molecule has 0 saturated heterocycles. The van der Waals surface area contributed by atoms with Crippen LogP contribution in [0.3, 0.4) is 0 Å². The minimum Gasteiger partial charge on any atom is -0.503 e. The SMILES string of the molecule is COc1cccc2cc(C(=O)C3=C(O)C(=O)N(c4cccc(F)c4)C3c3ccc(C)o3)oc12. The van der Waals surface area contributed by atoms with Gasteiger partial charge >= 0.3 is 0 Å². The number of nitrogens with zero attached hydrogens (tertiary/aromatic N) is 1. The number of Topliss-reactive ketones (excluding diaryl/α,β-unsaturated/α-hetero) is 1. The number of hydrogen-bond donors (Lipinski definition) is 1. The van der Waals surface area contributed by atoms with E-state index in [-0.39, 0.29) is 22.8 Å². The number of para-hydroxylation sites is 1. The van der Waals surface area contributed by atoms with Crippen molar-refractivity contribution in [3.63, 3.8) is 0 Å². The summed E-state index contributed by atoms with van der Waals surface area (Å²) >= 11 is 0. The lowest BCUT2D eigenvalue weighted by Crippen LogP contribution is -2.30. The standard InChI is InChI=1S/C25H18FNO6/c1-13-9-10-17(32-13)21-20(23(29)25(30)27(21)16-7-4-6-15(26)12-16)22(28)19-11-14-5-3-8-18(31-2)24(14)33-19/h3-12,21,29H,1-2H3. The van der Waals surface area contributed by atoms with Gasteiger partial charge in [-0.2, -0.15) is 0 Å². The molecule has 2 aromatic carbocycles. The van der Waals surface area contributed by atoms with Crippen LogP contribution in [-0.2, 0) is 4.79 Å². The molecule has 1 amide bonds. The van der Waals surface area contributed by atoms with Crippen LogP contribution in [0.5, 0.6) is 5.75 Å². The van der Waals surface area contributed by atoms with E-state index < -0.39 is 29.3 Å². The monoisotopic (exact) mass is 447 g/mol. The van der Waals surface area contributed by atoms with E-state index in [2.05, 4.69) is 0 Å². The number of benzene rings is 2. The molecule has 0 bridgehead atoms. The highest BCUT2D eigenvalue weighted by molar-refractivity contribution is 6.20. The van der Waals surface area contributed by atoms with E-state index in [0.717, 1.165) is 11.0 Å². The molecule has 166 valence electrons. The normalized spacial score (nSPS) is 16.2. The first-order valence-corrected chi connectivity index (χ1v) is 10.1. The quantitative estimate of drug-likeness (QED) is 0.419. The molecular formula is C25H18FNO6. The highest BCUT2D eigenvalue weighted by Crippen LogP contribution is 2.43. The van der Waals surface area contributed by atoms with Gasteiger partial charge < -0.3 is 18.7 Å². The number of carbonyl (C=O) groups is 2. The number of halogens is 1. The lowest BCUT2D eigenvalue weighted by molar-refractivity contribution is -0.117. The second kappa shape index (κ2) is 7.67. The number of amides is 1. The molecule has 8 heteroatoms. The highest BCUT2D eigenvalue weighted by Gasteiger charge is 2.47. The van der Waals surface area contributed by atoms with Gasteiger partial charge in [0.05, 0.1) is 12.7 Å². The van der Waals surface area contributed by atoms with Crippen LogP contribution < -0.4 is 9.64 Å². The van der Waals surface area contributed by atoms with Crippen molar-refractivity contribution in [2.45, 2.75) is 13.0 Å². The van der Waals surface area contributed by atoms with Crippen LogP contribution >= 0.6 is 0 Å². The van der Waals surface area contributed by atoms with Crippen molar-refractivity contribution in [1.29, 1.82) is 0 Å². The maximum Gasteiger partial charge on any atom is 0.294 e. The maximum absolute atomic E-state index is 14.0. The number of rotatable bonds is 5. The molecule has 0 spiro atoms. The zero-order valence-corrected chi connectivity index (χ0v) is 17.7. The number of aryl methyl sites for hydroxylation is 1. The van der Waals surface area contributed by atoms with E-state index in [1.165, 1.54) is 31.4 Å². The summed E-state index contributed by atoms with van der Waals surface area (Å²) in [7, 11) is 1.48. The van der Waals surface area contributed by atoms with E-state index in [1.54, 1.807) is 37.3 Å². The smallest absolute Gasteiger partial charge is 0.294 e. The van der Waals surface area contributed by atoms with Crippen LogP contribution in [0.4, 0.5) is 10.1 Å². The number of fused-ring (bicyclic) bond motifs is 1. The number of furan rings is 2. The van der Waals surface area contributed by atoms with Gasteiger partial charge in [0.25, 0.3) is 5.91 Å². The third-order valence-electron chi connectivity index (χ3n) is 5.52. The van der Waals surface area contributed by atoms with Gasteiger partial charge in [-0.05, 0) is 49.4 Å². The summed E-state index contributed by atoms with van der Waals surface area (Å²) in [6.07, 6.45) is 0. The van der Waals surface area contributed by atoms with Crippen LogP contribution in [0, 0.1) is 12.7 Å². The zero-order chi connectivity index (χ0) is 23.3. The summed E-state index contributed by atoms with van der Waals surface area (Å²) < 4.78 is 30.7.